The zero-order valence-electron chi connectivity index (χ0n) is 6.81. The second kappa shape index (κ2) is 2.94. The minimum atomic E-state index is 0.459. The molecule has 0 amide bonds. The van der Waals surface area contributed by atoms with E-state index in [0.29, 0.717) is 11.8 Å². The number of ketones is 1. The van der Waals surface area contributed by atoms with Crippen LogP contribution in [0.4, 0.5) is 0 Å². The van der Waals surface area contributed by atoms with Crippen molar-refractivity contribution in [2.24, 2.45) is 5.92 Å². The van der Waals surface area contributed by atoms with Crippen LogP contribution in [-0.2, 0) is 4.79 Å². The average molecular weight is 153 g/mol. The maximum Gasteiger partial charge on any atom is 0.134 e. The van der Waals surface area contributed by atoms with Crippen LogP contribution in [0.15, 0.2) is 0 Å². The number of hydrogen-bond donors (Lipinski definition) is 1. The molecule has 0 aromatic rings. The lowest BCUT2D eigenvalue weighted by atomic mass is 9.79. The maximum atomic E-state index is 11.1. The van der Waals surface area contributed by atoms with Crippen molar-refractivity contribution in [2.45, 2.75) is 38.1 Å². The van der Waals surface area contributed by atoms with Gasteiger partial charge in [-0.05, 0) is 31.7 Å². The number of Topliss-reactive ketones (excluding diaryl/α,β-unsaturated/α-hetero) is 1. The highest BCUT2D eigenvalue weighted by Crippen LogP contribution is 2.28. The normalized spacial score (nSPS) is 38.4. The lowest BCUT2D eigenvalue weighted by molar-refractivity contribution is -0.122. The molecule has 0 aromatic heterocycles. The third kappa shape index (κ3) is 1.45. The van der Waals surface area contributed by atoms with Gasteiger partial charge in [0.1, 0.15) is 5.78 Å². The van der Waals surface area contributed by atoms with Gasteiger partial charge in [0, 0.05) is 18.9 Å². The summed E-state index contributed by atoms with van der Waals surface area (Å²) in [6, 6.07) is 0.532. The molecule has 1 aliphatic carbocycles. The van der Waals surface area contributed by atoms with Gasteiger partial charge in [-0.25, -0.2) is 0 Å². The fraction of sp³-hybridized carbons (Fsp3) is 0.889. The number of carbonyl (C=O) groups is 1. The van der Waals surface area contributed by atoms with Gasteiger partial charge in [-0.2, -0.15) is 0 Å². The fourth-order valence-corrected chi connectivity index (χ4v) is 2.30. The molecule has 1 N–H and O–H groups in total. The van der Waals surface area contributed by atoms with Crippen LogP contribution in [0.5, 0.6) is 0 Å². The summed E-state index contributed by atoms with van der Waals surface area (Å²) >= 11 is 0. The third-order valence-corrected chi connectivity index (χ3v) is 2.97. The summed E-state index contributed by atoms with van der Waals surface area (Å²) in [5.41, 5.74) is 0. The molecule has 0 unspecified atom stereocenters. The molecule has 1 saturated heterocycles. The number of hydrogen-bond acceptors (Lipinski definition) is 2. The highest BCUT2D eigenvalue weighted by Gasteiger charge is 2.30. The Morgan fingerprint density at radius 1 is 1.36 bits per heavy atom. The van der Waals surface area contributed by atoms with E-state index < -0.39 is 0 Å². The fourth-order valence-electron chi connectivity index (χ4n) is 2.30. The molecule has 0 aromatic carbocycles. The summed E-state index contributed by atoms with van der Waals surface area (Å²) in [6.45, 7) is 1.12. The molecule has 2 fully saturated rings. The minimum Gasteiger partial charge on any atom is -0.313 e. The Kier molecular flexibility index (Phi) is 1.95. The predicted molar refractivity (Wildman–Crippen MR) is 43.4 cm³/mol. The number of nitrogens with one attached hydrogen (secondary N) is 1. The summed E-state index contributed by atoms with van der Waals surface area (Å²) in [5.74, 6) is 1.27. The van der Waals surface area contributed by atoms with Crippen molar-refractivity contribution in [1.29, 1.82) is 0 Å². The molecule has 1 heterocycles. The zero-order valence-corrected chi connectivity index (χ0v) is 6.81. The van der Waals surface area contributed by atoms with Crippen molar-refractivity contribution >= 4 is 5.78 Å². The van der Waals surface area contributed by atoms with E-state index in [1.807, 2.05) is 0 Å². The second-order valence-corrected chi connectivity index (χ2v) is 3.74. The van der Waals surface area contributed by atoms with Crippen LogP contribution >= 0.6 is 0 Å². The molecule has 0 radical (unpaired) electrons. The van der Waals surface area contributed by atoms with Crippen LogP contribution in [0.3, 0.4) is 0 Å². The van der Waals surface area contributed by atoms with Crippen molar-refractivity contribution in [3.05, 3.63) is 0 Å². The monoisotopic (exact) mass is 153 g/mol. The van der Waals surface area contributed by atoms with Crippen LogP contribution in [0.1, 0.15) is 32.1 Å². The number of carbonyl (C=O) groups excluding carboxylic acids is 1. The van der Waals surface area contributed by atoms with E-state index in [0.717, 1.165) is 31.7 Å². The van der Waals surface area contributed by atoms with E-state index in [4.69, 9.17) is 0 Å². The Hall–Kier alpha value is -0.370. The molecule has 0 bridgehead atoms. The molecule has 2 heteroatoms. The Balaban J connectivity index is 1.98. The first-order valence-electron chi connectivity index (χ1n) is 4.61. The van der Waals surface area contributed by atoms with Crippen molar-refractivity contribution < 1.29 is 4.79 Å². The molecule has 11 heavy (non-hydrogen) atoms. The van der Waals surface area contributed by atoms with Crippen molar-refractivity contribution in [2.75, 3.05) is 6.54 Å². The van der Waals surface area contributed by atoms with E-state index >= 15 is 0 Å². The average Bonchev–Trinajstić information content (AvgIpc) is 2.04. The second-order valence-electron chi connectivity index (χ2n) is 3.74. The molecule has 2 rings (SSSR count). The SMILES string of the molecule is O=C1CC[C@@H]2CCCN[C@@H]2C1. The van der Waals surface area contributed by atoms with Crippen molar-refractivity contribution in [3.8, 4) is 0 Å². The first kappa shape index (κ1) is 7.29. The molecule has 62 valence electrons. The van der Waals surface area contributed by atoms with Crippen LogP contribution < -0.4 is 5.32 Å². The van der Waals surface area contributed by atoms with Crippen LogP contribution in [0.25, 0.3) is 0 Å². The largest absolute Gasteiger partial charge is 0.313 e. The molecule has 1 aliphatic heterocycles. The molecule has 0 spiro atoms. The van der Waals surface area contributed by atoms with Gasteiger partial charge in [0.15, 0.2) is 0 Å². The molecule has 1 saturated carbocycles. The number of fused-ring (bicyclic) bond motifs is 1. The Morgan fingerprint density at radius 2 is 2.27 bits per heavy atom. The van der Waals surface area contributed by atoms with Gasteiger partial charge in [-0.15, -0.1) is 0 Å². The lowest BCUT2D eigenvalue weighted by Crippen LogP contribution is -2.45. The molecular weight excluding hydrogens is 138 g/mol. The maximum absolute atomic E-state index is 11.1. The highest BCUT2D eigenvalue weighted by atomic mass is 16.1. The van der Waals surface area contributed by atoms with Gasteiger partial charge < -0.3 is 5.32 Å². The summed E-state index contributed by atoms with van der Waals surface area (Å²) in [5, 5.41) is 3.43. The van der Waals surface area contributed by atoms with E-state index in [1.165, 1.54) is 12.8 Å². The van der Waals surface area contributed by atoms with Crippen LogP contribution in [0.2, 0.25) is 0 Å². The van der Waals surface area contributed by atoms with Gasteiger partial charge in [-0.1, -0.05) is 0 Å². The molecule has 2 nitrogen and oxygen atoms in total. The number of piperidine rings is 1. The summed E-state index contributed by atoms with van der Waals surface area (Å²) in [7, 11) is 0. The third-order valence-electron chi connectivity index (χ3n) is 2.97. The predicted octanol–water partition coefficient (Wildman–Crippen LogP) is 1.11. The van der Waals surface area contributed by atoms with E-state index in [1.54, 1.807) is 0 Å². The highest BCUT2D eigenvalue weighted by molar-refractivity contribution is 5.79. The first-order chi connectivity index (χ1) is 5.36. The minimum absolute atomic E-state index is 0.459. The van der Waals surface area contributed by atoms with Gasteiger partial charge in [-0.3, -0.25) is 4.79 Å². The summed E-state index contributed by atoms with van der Waals surface area (Å²) in [4.78, 5) is 11.1. The lowest BCUT2D eigenvalue weighted by Gasteiger charge is -2.35. The molecule has 2 atom stereocenters. The Bertz CT molecular complexity index is 167. The van der Waals surface area contributed by atoms with Gasteiger partial charge >= 0.3 is 0 Å². The van der Waals surface area contributed by atoms with Gasteiger partial charge in [0.2, 0.25) is 0 Å². The first-order valence-corrected chi connectivity index (χ1v) is 4.61. The standard InChI is InChI=1S/C9H15NO/c11-8-4-3-7-2-1-5-10-9(7)6-8/h7,9-10H,1-6H2/t7-,9+/m0/s1. The molecule has 2 aliphatic rings. The molecular formula is C9H15NO. The topological polar surface area (TPSA) is 29.1 Å². The Labute approximate surface area is 67.4 Å². The van der Waals surface area contributed by atoms with Crippen LogP contribution in [0, 0.1) is 5.92 Å². The van der Waals surface area contributed by atoms with E-state index in [9.17, 15) is 4.79 Å². The van der Waals surface area contributed by atoms with Crippen molar-refractivity contribution in [3.63, 3.8) is 0 Å². The van der Waals surface area contributed by atoms with Gasteiger partial charge in [0.25, 0.3) is 0 Å². The Morgan fingerprint density at radius 3 is 3.18 bits per heavy atom. The zero-order chi connectivity index (χ0) is 7.68. The van der Waals surface area contributed by atoms with E-state index in [-0.39, 0.29) is 0 Å². The number of rotatable bonds is 0. The van der Waals surface area contributed by atoms with E-state index in [2.05, 4.69) is 5.32 Å². The van der Waals surface area contributed by atoms with Crippen molar-refractivity contribution in [1.82, 2.24) is 5.32 Å². The van der Waals surface area contributed by atoms with Gasteiger partial charge in [0.05, 0.1) is 0 Å². The summed E-state index contributed by atoms with van der Waals surface area (Å²) in [6.07, 6.45) is 5.41. The smallest absolute Gasteiger partial charge is 0.134 e. The summed E-state index contributed by atoms with van der Waals surface area (Å²) < 4.78 is 0. The van der Waals surface area contributed by atoms with Crippen LogP contribution in [-0.4, -0.2) is 18.4 Å². The quantitative estimate of drug-likeness (QED) is 0.564.